The number of aromatic nitrogens is 2. The predicted molar refractivity (Wildman–Crippen MR) is 32.4 cm³/mol. The highest BCUT2D eigenvalue weighted by Crippen LogP contribution is 2.03. The maximum atomic E-state index is 7.98. The SMILES string of the molecule is OOB(OO)Oc1ccn[nH]1. The van der Waals surface area contributed by atoms with Gasteiger partial charge in [0.05, 0.1) is 6.20 Å². The number of H-pyrrole nitrogens is 1. The van der Waals surface area contributed by atoms with Crippen LogP contribution in [0.4, 0.5) is 0 Å². The molecular weight excluding hydrogens is 155 g/mol. The fourth-order valence-corrected chi connectivity index (χ4v) is 0.475. The molecule has 7 nitrogen and oxygen atoms in total. The molecule has 0 bridgehead atoms. The van der Waals surface area contributed by atoms with Crippen molar-refractivity contribution in [2.75, 3.05) is 0 Å². The van der Waals surface area contributed by atoms with Crippen molar-refractivity contribution < 1.29 is 24.8 Å². The molecule has 0 aliphatic rings. The Kier molecular flexibility index (Phi) is 2.87. The first-order valence-electron chi connectivity index (χ1n) is 2.63. The summed E-state index contributed by atoms with van der Waals surface area (Å²) in [6.07, 6.45) is 1.42. The summed E-state index contributed by atoms with van der Waals surface area (Å²) in [7, 11) is -1.57. The molecule has 0 atom stereocenters. The van der Waals surface area contributed by atoms with E-state index in [-0.39, 0.29) is 5.88 Å². The predicted octanol–water partition coefficient (Wildman–Crippen LogP) is -0.247. The largest absolute Gasteiger partial charge is 0.771 e. The lowest BCUT2D eigenvalue weighted by atomic mass is 10.2. The summed E-state index contributed by atoms with van der Waals surface area (Å²) < 4.78 is 4.59. The molecule has 0 radical (unpaired) electrons. The third kappa shape index (κ3) is 2.20. The Labute approximate surface area is 61.5 Å². The molecule has 1 heterocycles. The number of hydrogen-bond acceptors (Lipinski definition) is 6. The van der Waals surface area contributed by atoms with Crippen LogP contribution in [0, 0.1) is 0 Å². The molecule has 11 heavy (non-hydrogen) atoms. The summed E-state index contributed by atoms with van der Waals surface area (Å²) in [4.78, 5) is 7.06. The molecular formula is C3H5BN2O5. The van der Waals surface area contributed by atoms with Crippen molar-refractivity contribution >= 4 is 7.32 Å². The van der Waals surface area contributed by atoms with E-state index in [2.05, 4.69) is 24.5 Å². The number of hydrogen-bond donors (Lipinski definition) is 3. The molecule has 0 amide bonds. The fourth-order valence-electron chi connectivity index (χ4n) is 0.475. The van der Waals surface area contributed by atoms with E-state index in [4.69, 9.17) is 10.5 Å². The second-order valence-corrected chi connectivity index (χ2v) is 1.54. The fraction of sp³-hybridized carbons (Fsp3) is 0. The number of aromatic amines is 1. The first-order chi connectivity index (χ1) is 5.36. The third-order valence-corrected chi connectivity index (χ3v) is 0.871. The maximum Gasteiger partial charge on any atom is 0.771 e. The van der Waals surface area contributed by atoms with Crippen LogP contribution in [-0.4, -0.2) is 28.0 Å². The summed E-state index contributed by atoms with van der Waals surface area (Å²) in [5.74, 6) is 0.193. The van der Waals surface area contributed by atoms with E-state index in [9.17, 15) is 0 Å². The van der Waals surface area contributed by atoms with E-state index in [1.165, 1.54) is 12.3 Å². The average Bonchev–Trinajstić information content (AvgIpc) is 2.52. The zero-order valence-corrected chi connectivity index (χ0v) is 5.30. The first kappa shape index (κ1) is 8.02. The van der Waals surface area contributed by atoms with Crippen LogP contribution in [-0.2, 0) is 9.61 Å². The Hall–Kier alpha value is -1.09. The van der Waals surface area contributed by atoms with Gasteiger partial charge in [0.15, 0.2) is 5.88 Å². The van der Waals surface area contributed by atoms with Crippen LogP contribution < -0.4 is 4.65 Å². The molecule has 1 aromatic heterocycles. The van der Waals surface area contributed by atoms with E-state index >= 15 is 0 Å². The zero-order valence-electron chi connectivity index (χ0n) is 5.30. The van der Waals surface area contributed by atoms with Crippen LogP contribution in [0.1, 0.15) is 0 Å². The van der Waals surface area contributed by atoms with Gasteiger partial charge in [-0.05, 0) is 0 Å². The molecule has 0 saturated carbocycles. The summed E-state index contributed by atoms with van der Waals surface area (Å²) in [5.41, 5.74) is 0. The van der Waals surface area contributed by atoms with Crippen LogP contribution in [0.2, 0.25) is 0 Å². The van der Waals surface area contributed by atoms with Crippen molar-refractivity contribution in [1.82, 2.24) is 10.2 Å². The minimum absolute atomic E-state index is 0.193. The molecule has 1 rings (SSSR count). The van der Waals surface area contributed by atoms with Gasteiger partial charge in [0.2, 0.25) is 0 Å². The molecule has 0 saturated heterocycles. The van der Waals surface area contributed by atoms with Crippen molar-refractivity contribution in [3.8, 4) is 5.88 Å². The van der Waals surface area contributed by atoms with Crippen LogP contribution >= 0.6 is 0 Å². The van der Waals surface area contributed by atoms with E-state index in [1.807, 2.05) is 0 Å². The van der Waals surface area contributed by atoms with Gasteiger partial charge in [-0.3, -0.25) is 10.5 Å². The van der Waals surface area contributed by atoms with Gasteiger partial charge in [0, 0.05) is 6.07 Å². The lowest BCUT2D eigenvalue weighted by Crippen LogP contribution is -2.27. The highest BCUT2D eigenvalue weighted by molar-refractivity contribution is 6.36. The normalized spacial score (nSPS) is 9.64. The van der Waals surface area contributed by atoms with Crippen molar-refractivity contribution in [3.63, 3.8) is 0 Å². The average molecular weight is 160 g/mol. The van der Waals surface area contributed by atoms with Crippen molar-refractivity contribution in [1.29, 1.82) is 0 Å². The molecule has 0 aliphatic heterocycles. The molecule has 0 unspecified atom stereocenters. The van der Waals surface area contributed by atoms with Crippen molar-refractivity contribution in [2.45, 2.75) is 0 Å². The van der Waals surface area contributed by atoms with E-state index in [0.29, 0.717) is 0 Å². The zero-order chi connectivity index (χ0) is 8.10. The van der Waals surface area contributed by atoms with Crippen molar-refractivity contribution in [2.24, 2.45) is 0 Å². The van der Waals surface area contributed by atoms with Gasteiger partial charge >= 0.3 is 7.32 Å². The minimum Gasteiger partial charge on any atom is -0.495 e. The Bertz CT molecular complexity index is 188. The molecule has 60 valence electrons. The van der Waals surface area contributed by atoms with Gasteiger partial charge in [0.25, 0.3) is 0 Å². The quantitative estimate of drug-likeness (QED) is 0.319. The van der Waals surface area contributed by atoms with Gasteiger partial charge in [-0.1, -0.05) is 0 Å². The Balaban J connectivity index is 2.41. The smallest absolute Gasteiger partial charge is 0.495 e. The summed E-state index contributed by atoms with van der Waals surface area (Å²) in [6.45, 7) is 0. The van der Waals surface area contributed by atoms with E-state index in [0.717, 1.165) is 0 Å². The number of nitrogens with one attached hydrogen (secondary N) is 1. The minimum atomic E-state index is -1.57. The topological polar surface area (TPSA) is 96.8 Å². The monoisotopic (exact) mass is 160 g/mol. The molecule has 0 fully saturated rings. The van der Waals surface area contributed by atoms with Crippen LogP contribution in [0.15, 0.2) is 12.3 Å². The lowest BCUT2D eigenvalue weighted by molar-refractivity contribution is -0.242. The Morgan fingerprint density at radius 3 is 2.64 bits per heavy atom. The second-order valence-electron chi connectivity index (χ2n) is 1.54. The van der Waals surface area contributed by atoms with Gasteiger partial charge in [-0.2, -0.15) is 5.10 Å². The molecule has 0 aliphatic carbocycles. The standard InChI is InChI=1S/C3H5BN2O5/c7-10-4(11-8)9-3-1-2-5-6-3/h1-2,7-8H,(H,5,6). The van der Waals surface area contributed by atoms with Gasteiger partial charge in [-0.15, -0.1) is 0 Å². The highest BCUT2D eigenvalue weighted by Gasteiger charge is 2.25. The highest BCUT2D eigenvalue weighted by atomic mass is 17.2. The number of nitrogens with zero attached hydrogens (tertiary/aromatic N) is 1. The van der Waals surface area contributed by atoms with Crippen LogP contribution in [0.25, 0.3) is 0 Å². The third-order valence-electron chi connectivity index (χ3n) is 0.871. The second kappa shape index (κ2) is 3.93. The summed E-state index contributed by atoms with van der Waals surface area (Å²) in [5, 5.41) is 21.9. The molecule has 0 spiro atoms. The Morgan fingerprint density at radius 2 is 2.18 bits per heavy atom. The summed E-state index contributed by atoms with van der Waals surface area (Å²) in [6, 6.07) is 1.45. The Morgan fingerprint density at radius 1 is 1.45 bits per heavy atom. The molecule has 1 aromatic rings. The van der Waals surface area contributed by atoms with Gasteiger partial charge in [0.1, 0.15) is 0 Å². The lowest BCUT2D eigenvalue weighted by Gasteiger charge is -2.03. The molecule has 3 N–H and O–H groups in total. The van der Waals surface area contributed by atoms with Crippen LogP contribution in [0.3, 0.4) is 0 Å². The summed E-state index contributed by atoms with van der Waals surface area (Å²) >= 11 is 0. The van der Waals surface area contributed by atoms with Gasteiger partial charge < -0.3 is 4.65 Å². The molecule has 0 aromatic carbocycles. The van der Waals surface area contributed by atoms with E-state index < -0.39 is 7.32 Å². The maximum absolute atomic E-state index is 7.98. The van der Waals surface area contributed by atoms with Crippen LogP contribution in [0.5, 0.6) is 5.88 Å². The number of rotatable bonds is 4. The van der Waals surface area contributed by atoms with Gasteiger partial charge in [-0.25, -0.2) is 14.7 Å². The van der Waals surface area contributed by atoms with Crippen molar-refractivity contribution in [3.05, 3.63) is 12.3 Å². The molecule has 8 heteroatoms. The van der Waals surface area contributed by atoms with E-state index in [1.54, 1.807) is 0 Å². The first-order valence-corrected chi connectivity index (χ1v) is 2.63.